The summed E-state index contributed by atoms with van der Waals surface area (Å²) in [6.45, 7) is 11.7. The molecule has 3 aliphatic rings. The fourth-order valence-corrected chi connectivity index (χ4v) is 5.95. The zero-order valence-corrected chi connectivity index (χ0v) is 21.0. The number of Topliss-reactive ketones (excluding diaryl/α,β-unsaturated/α-hetero) is 1. The van der Waals surface area contributed by atoms with Gasteiger partial charge in [0.05, 0.1) is 0 Å². The number of likely N-dealkylation sites (N-methyl/N-ethyl adjacent to an activating group) is 1. The Labute approximate surface area is 204 Å². The van der Waals surface area contributed by atoms with E-state index in [0.29, 0.717) is 30.2 Å². The number of piperidine rings is 1. The molecule has 5 rings (SSSR count). The van der Waals surface area contributed by atoms with E-state index in [0.717, 1.165) is 57.1 Å². The molecule has 0 saturated carbocycles. The minimum absolute atomic E-state index is 0.0955. The van der Waals surface area contributed by atoms with Crippen molar-refractivity contribution < 1.29 is 4.79 Å². The fraction of sp³-hybridized carbons (Fsp3) is 0.607. The largest absolute Gasteiger partial charge is 0.371 e. The van der Waals surface area contributed by atoms with Crippen LogP contribution >= 0.6 is 0 Å². The van der Waals surface area contributed by atoms with E-state index in [1.165, 1.54) is 24.1 Å². The molecule has 34 heavy (non-hydrogen) atoms. The van der Waals surface area contributed by atoms with E-state index in [9.17, 15) is 4.79 Å². The second-order valence-electron chi connectivity index (χ2n) is 10.7. The molecule has 0 amide bonds. The van der Waals surface area contributed by atoms with Gasteiger partial charge in [0, 0.05) is 68.7 Å². The van der Waals surface area contributed by atoms with Crippen LogP contribution in [0.5, 0.6) is 0 Å². The van der Waals surface area contributed by atoms with Crippen LogP contribution in [0, 0.1) is 5.92 Å². The van der Waals surface area contributed by atoms with Gasteiger partial charge in [-0.1, -0.05) is 32.9 Å². The van der Waals surface area contributed by atoms with Crippen molar-refractivity contribution in [3.63, 3.8) is 0 Å². The third-order valence-electron chi connectivity index (χ3n) is 8.18. The quantitative estimate of drug-likeness (QED) is 0.613. The van der Waals surface area contributed by atoms with E-state index in [4.69, 9.17) is 9.97 Å². The minimum atomic E-state index is 0.0955. The third kappa shape index (κ3) is 4.83. The van der Waals surface area contributed by atoms with Gasteiger partial charge in [-0.05, 0) is 61.4 Å². The van der Waals surface area contributed by atoms with Crippen molar-refractivity contribution in [1.29, 1.82) is 0 Å². The Kier molecular flexibility index (Phi) is 6.87. The second-order valence-corrected chi connectivity index (χ2v) is 10.7. The SMILES string of the molecule is CCN1CC2CCC(C1)N2c1ncc(C2CCN(c3ccc(CC(=O)C(C)C)cc3)CC2)cn1. The minimum Gasteiger partial charge on any atom is -0.371 e. The highest BCUT2D eigenvalue weighted by molar-refractivity contribution is 5.82. The Morgan fingerprint density at radius 1 is 0.971 bits per heavy atom. The van der Waals surface area contributed by atoms with Crippen LogP contribution in [0.1, 0.15) is 63.5 Å². The lowest BCUT2D eigenvalue weighted by atomic mass is 9.91. The summed E-state index contributed by atoms with van der Waals surface area (Å²) >= 11 is 0. The van der Waals surface area contributed by atoms with Crippen molar-refractivity contribution in [2.45, 2.75) is 70.9 Å². The summed E-state index contributed by atoms with van der Waals surface area (Å²) in [5.41, 5.74) is 3.65. The molecule has 6 nitrogen and oxygen atoms in total. The molecule has 6 heteroatoms. The highest BCUT2D eigenvalue weighted by Gasteiger charge is 2.40. The van der Waals surface area contributed by atoms with Crippen LogP contribution in [0.25, 0.3) is 0 Å². The van der Waals surface area contributed by atoms with Crippen LogP contribution in [-0.4, -0.2) is 65.5 Å². The first kappa shape index (κ1) is 23.3. The summed E-state index contributed by atoms with van der Waals surface area (Å²) in [5.74, 6) is 1.86. The Hall–Kier alpha value is -2.47. The van der Waals surface area contributed by atoms with Gasteiger partial charge < -0.3 is 9.80 Å². The number of benzene rings is 1. The van der Waals surface area contributed by atoms with Crippen LogP contribution in [0.4, 0.5) is 11.6 Å². The molecule has 3 fully saturated rings. The molecule has 3 saturated heterocycles. The topological polar surface area (TPSA) is 52.6 Å². The third-order valence-corrected chi connectivity index (χ3v) is 8.18. The molecule has 2 aromatic rings. The molecule has 3 aliphatic heterocycles. The number of nitrogens with zero attached hydrogens (tertiary/aromatic N) is 5. The van der Waals surface area contributed by atoms with Crippen LogP contribution in [0.15, 0.2) is 36.7 Å². The lowest BCUT2D eigenvalue weighted by molar-refractivity contribution is -0.121. The van der Waals surface area contributed by atoms with Gasteiger partial charge >= 0.3 is 0 Å². The van der Waals surface area contributed by atoms with Gasteiger partial charge in [-0.2, -0.15) is 0 Å². The number of piperazine rings is 1. The molecule has 0 spiro atoms. The predicted octanol–water partition coefficient (Wildman–Crippen LogP) is 4.30. The molecule has 4 heterocycles. The average molecular weight is 462 g/mol. The number of hydrogen-bond acceptors (Lipinski definition) is 6. The van der Waals surface area contributed by atoms with E-state index < -0.39 is 0 Å². The van der Waals surface area contributed by atoms with Gasteiger partial charge in [0.15, 0.2) is 0 Å². The summed E-state index contributed by atoms with van der Waals surface area (Å²) in [6.07, 6.45) is 9.49. The number of anilines is 2. The van der Waals surface area contributed by atoms with Gasteiger partial charge in [0.25, 0.3) is 0 Å². The van der Waals surface area contributed by atoms with Crippen molar-refractivity contribution in [2.75, 3.05) is 42.5 Å². The standard InChI is InChI=1S/C28H39N5O/c1-4-31-18-25-9-10-26(19-31)33(25)28-29-16-23(17-30-28)22-11-13-32(14-12-22)24-7-5-21(6-8-24)15-27(34)20(2)3/h5-8,16-17,20,22,25-26H,4,9-15,18-19H2,1-3H3. The molecule has 1 aromatic carbocycles. The number of rotatable bonds is 7. The first-order chi connectivity index (χ1) is 16.5. The smallest absolute Gasteiger partial charge is 0.225 e. The summed E-state index contributed by atoms with van der Waals surface area (Å²) < 4.78 is 0. The molecule has 2 unspecified atom stereocenters. The van der Waals surface area contributed by atoms with Gasteiger partial charge in [-0.3, -0.25) is 9.69 Å². The fourth-order valence-electron chi connectivity index (χ4n) is 5.95. The maximum atomic E-state index is 12.0. The molecular formula is C28H39N5O. The van der Waals surface area contributed by atoms with E-state index in [1.54, 1.807) is 0 Å². The molecule has 2 bridgehead atoms. The highest BCUT2D eigenvalue weighted by atomic mass is 16.1. The highest BCUT2D eigenvalue weighted by Crippen LogP contribution is 2.34. The molecule has 0 radical (unpaired) electrons. The Bertz CT molecular complexity index is 951. The average Bonchev–Trinajstić information content (AvgIpc) is 3.13. The van der Waals surface area contributed by atoms with Gasteiger partial charge in [0.2, 0.25) is 5.95 Å². The zero-order chi connectivity index (χ0) is 23.7. The van der Waals surface area contributed by atoms with Crippen molar-refractivity contribution in [1.82, 2.24) is 14.9 Å². The number of aromatic nitrogens is 2. The summed E-state index contributed by atoms with van der Waals surface area (Å²) in [7, 11) is 0. The number of fused-ring (bicyclic) bond motifs is 2. The van der Waals surface area contributed by atoms with E-state index >= 15 is 0 Å². The van der Waals surface area contributed by atoms with Crippen LogP contribution in [0.3, 0.4) is 0 Å². The lowest BCUT2D eigenvalue weighted by Gasteiger charge is -2.40. The van der Waals surface area contributed by atoms with E-state index in [1.807, 2.05) is 13.8 Å². The molecule has 2 atom stereocenters. The van der Waals surface area contributed by atoms with Crippen LogP contribution in [-0.2, 0) is 11.2 Å². The zero-order valence-electron chi connectivity index (χ0n) is 21.0. The monoisotopic (exact) mass is 461 g/mol. The molecule has 0 aliphatic carbocycles. The number of hydrogen-bond donors (Lipinski definition) is 0. The predicted molar refractivity (Wildman–Crippen MR) is 138 cm³/mol. The van der Waals surface area contributed by atoms with Crippen molar-refractivity contribution in [3.05, 3.63) is 47.8 Å². The van der Waals surface area contributed by atoms with Crippen LogP contribution < -0.4 is 9.80 Å². The molecule has 182 valence electrons. The Morgan fingerprint density at radius 3 is 2.15 bits per heavy atom. The first-order valence-electron chi connectivity index (χ1n) is 13.2. The van der Waals surface area contributed by atoms with Gasteiger partial charge in [-0.15, -0.1) is 0 Å². The normalized spacial score (nSPS) is 23.6. The summed E-state index contributed by atoms with van der Waals surface area (Å²) in [5, 5.41) is 0. The van der Waals surface area contributed by atoms with Crippen molar-refractivity contribution >= 4 is 17.4 Å². The molecule has 0 N–H and O–H groups in total. The molecule has 1 aromatic heterocycles. The van der Waals surface area contributed by atoms with Crippen LogP contribution in [0.2, 0.25) is 0 Å². The summed E-state index contributed by atoms with van der Waals surface area (Å²) in [6, 6.07) is 9.72. The number of carbonyl (C=O) groups is 1. The first-order valence-corrected chi connectivity index (χ1v) is 13.2. The van der Waals surface area contributed by atoms with Gasteiger partial charge in [0.1, 0.15) is 5.78 Å². The maximum absolute atomic E-state index is 12.0. The van der Waals surface area contributed by atoms with Crippen molar-refractivity contribution in [2.24, 2.45) is 5.92 Å². The Morgan fingerprint density at radius 2 is 1.59 bits per heavy atom. The number of ketones is 1. The second kappa shape index (κ2) is 10.0. The van der Waals surface area contributed by atoms with Crippen molar-refractivity contribution in [3.8, 4) is 0 Å². The van der Waals surface area contributed by atoms with E-state index in [-0.39, 0.29) is 5.92 Å². The maximum Gasteiger partial charge on any atom is 0.225 e. The summed E-state index contributed by atoms with van der Waals surface area (Å²) in [4.78, 5) is 29.2. The Balaban J connectivity index is 1.16. The lowest BCUT2D eigenvalue weighted by Crippen LogP contribution is -2.54. The van der Waals surface area contributed by atoms with Gasteiger partial charge in [-0.25, -0.2) is 9.97 Å². The van der Waals surface area contributed by atoms with E-state index in [2.05, 4.69) is 58.3 Å². The number of likely N-dealkylation sites (tertiary alicyclic amines) is 1. The molecular weight excluding hydrogens is 422 g/mol. The number of carbonyl (C=O) groups excluding carboxylic acids is 1.